The molecule has 3 aromatic rings. The van der Waals surface area contributed by atoms with Crippen molar-refractivity contribution in [1.82, 2.24) is 0 Å². The number of carbonyl (C=O) groups excluding carboxylic acids is 2. The number of esters is 1. The van der Waals surface area contributed by atoms with Crippen molar-refractivity contribution in [3.63, 3.8) is 0 Å². The second-order valence-electron chi connectivity index (χ2n) is 7.66. The lowest BCUT2D eigenvalue weighted by molar-refractivity contribution is -0.136. The van der Waals surface area contributed by atoms with Gasteiger partial charge in [-0.1, -0.05) is 36.7 Å². The van der Waals surface area contributed by atoms with Crippen LogP contribution >= 0.6 is 15.9 Å². The van der Waals surface area contributed by atoms with Crippen LogP contribution in [0, 0.1) is 0 Å². The maximum Gasteiger partial charge on any atom is 0.349 e. The van der Waals surface area contributed by atoms with Gasteiger partial charge in [-0.2, -0.15) is 0 Å². The van der Waals surface area contributed by atoms with Gasteiger partial charge in [0.15, 0.2) is 6.61 Å². The summed E-state index contributed by atoms with van der Waals surface area (Å²) < 4.78 is 17.0. The first kappa shape index (κ1) is 21.6. The SMILES string of the molecule is CC(C)(C)c1cc(Br)ccc1OCC(=O)Oc1ccc2cc(C(N)=O)c(=O)oc2c1. The van der Waals surface area contributed by atoms with Gasteiger partial charge in [-0.15, -0.1) is 0 Å². The van der Waals surface area contributed by atoms with E-state index in [1.54, 1.807) is 12.1 Å². The predicted molar refractivity (Wildman–Crippen MR) is 115 cm³/mol. The third kappa shape index (κ3) is 4.88. The van der Waals surface area contributed by atoms with Gasteiger partial charge in [-0.25, -0.2) is 9.59 Å². The highest BCUT2D eigenvalue weighted by atomic mass is 79.9. The molecule has 0 bridgehead atoms. The third-order valence-electron chi connectivity index (χ3n) is 4.30. The number of amides is 1. The second kappa shape index (κ2) is 8.31. The molecule has 0 unspecified atom stereocenters. The van der Waals surface area contributed by atoms with Crippen molar-refractivity contribution in [2.75, 3.05) is 6.61 Å². The molecular formula is C22H20BrNO6. The molecule has 8 heteroatoms. The Kier molecular flexibility index (Phi) is 5.98. The summed E-state index contributed by atoms with van der Waals surface area (Å²) in [7, 11) is 0. The zero-order valence-corrected chi connectivity index (χ0v) is 18.2. The van der Waals surface area contributed by atoms with Crippen molar-refractivity contribution in [3.05, 3.63) is 68.5 Å². The number of benzene rings is 2. The first-order valence-corrected chi connectivity index (χ1v) is 9.85. The van der Waals surface area contributed by atoms with Gasteiger partial charge in [-0.05, 0) is 41.8 Å². The van der Waals surface area contributed by atoms with Crippen LogP contribution in [-0.2, 0) is 10.2 Å². The van der Waals surface area contributed by atoms with Gasteiger partial charge in [0.2, 0.25) is 0 Å². The number of halogens is 1. The van der Waals surface area contributed by atoms with E-state index in [0.717, 1.165) is 10.0 Å². The highest BCUT2D eigenvalue weighted by Crippen LogP contribution is 2.33. The van der Waals surface area contributed by atoms with E-state index in [1.165, 1.54) is 18.2 Å². The number of hydrogen-bond acceptors (Lipinski definition) is 6. The normalized spacial score (nSPS) is 11.3. The van der Waals surface area contributed by atoms with Gasteiger partial charge in [0, 0.05) is 21.5 Å². The van der Waals surface area contributed by atoms with Crippen LogP contribution in [-0.4, -0.2) is 18.5 Å². The van der Waals surface area contributed by atoms with Gasteiger partial charge < -0.3 is 19.6 Å². The number of hydrogen-bond donors (Lipinski definition) is 1. The summed E-state index contributed by atoms with van der Waals surface area (Å²) in [6, 6.07) is 11.4. The number of nitrogens with two attached hydrogens (primary N) is 1. The van der Waals surface area contributed by atoms with Gasteiger partial charge in [0.1, 0.15) is 22.6 Å². The molecule has 2 N–H and O–H groups in total. The third-order valence-corrected chi connectivity index (χ3v) is 4.79. The molecular weight excluding hydrogens is 454 g/mol. The summed E-state index contributed by atoms with van der Waals surface area (Å²) in [5.41, 5.74) is 4.98. The molecule has 0 saturated carbocycles. The van der Waals surface area contributed by atoms with Crippen LogP contribution in [0.5, 0.6) is 11.5 Å². The molecule has 0 atom stereocenters. The van der Waals surface area contributed by atoms with Gasteiger partial charge >= 0.3 is 11.6 Å². The van der Waals surface area contributed by atoms with E-state index in [-0.39, 0.29) is 28.9 Å². The molecule has 0 aliphatic heterocycles. The van der Waals surface area contributed by atoms with Gasteiger partial charge in [0.05, 0.1) is 0 Å². The standard InChI is InChI=1S/C22H20BrNO6/c1-22(2,3)16-9-13(23)5-7-17(16)28-11-19(25)29-14-6-4-12-8-15(20(24)26)21(27)30-18(12)10-14/h4-10H,11H2,1-3H3,(H2,24,26). The topological polar surface area (TPSA) is 109 Å². The fraction of sp³-hybridized carbons (Fsp3) is 0.227. The first-order chi connectivity index (χ1) is 14.0. The Morgan fingerprint density at radius 3 is 2.50 bits per heavy atom. The maximum atomic E-state index is 12.3. The molecule has 0 radical (unpaired) electrons. The monoisotopic (exact) mass is 473 g/mol. The van der Waals surface area contributed by atoms with Crippen molar-refractivity contribution in [1.29, 1.82) is 0 Å². The molecule has 7 nitrogen and oxygen atoms in total. The van der Waals surface area contributed by atoms with Crippen molar-refractivity contribution < 1.29 is 23.5 Å². The number of carbonyl (C=O) groups is 2. The van der Waals surface area contributed by atoms with Crippen LogP contribution in [0.2, 0.25) is 0 Å². The van der Waals surface area contributed by atoms with Crippen LogP contribution in [0.3, 0.4) is 0 Å². The Hall–Kier alpha value is -3.13. The number of rotatable bonds is 5. The molecule has 3 rings (SSSR count). The lowest BCUT2D eigenvalue weighted by Gasteiger charge is -2.23. The van der Waals surface area contributed by atoms with E-state index in [4.69, 9.17) is 19.6 Å². The summed E-state index contributed by atoms with van der Waals surface area (Å²) in [5, 5.41) is 0.476. The lowest BCUT2D eigenvalue weighted by atomic mass is 9.86. The Balaban J connectivity index is 1.74. The largest absolute Gasteiger partial charge is 0.482 e. The maximum absolute atomic E-state index is 12.3. The first-order valence-electron chi connectivity index (χ1n) is 9.06. The van der Waals surface area contributed by atoms with Crippen LogP contribution in [0.25, 0.3) is 11.0 Å². The fourth-order valence-electron chi connectivity index (χ4n) is 2.84. The quantitative estimate of drug-likeness (QED) is 0.341. The molecule has 1 amide bonds. The summed E-state index contributed by atoms with van der Waals surface area (Å²) in [5.74, 6) is -0.724. The number of fused-ring (bicyclic) bond motifs is 1. The lowest BCUT2D eigenvalue weighted by Crippen LogP contribution is -2.21. The molecule has 1 aromatic heterocycles. The van der Waals surface area contributed by atoms with E-state index in [9.17, 15) is 14.4 Å². The minimum absolute atomic E-state index is 0.166. The fourth-order valence-corrected chi connectivity index (χ4v) is 3.20. The molecule has 30 heavy (non-hydrogen) atoms. The minimum Gasteiger partial charge on any atom is -0.482 e. The second-order valence-corrected chi connectivity index (χ2v) is 8.58. The highest BCUT2D eigenvalue weighted by Gasteiger charge is 2.20. The smallest absolute Gasteiger partial charge is 0.349 e. The Labute approximate surface area is 180 Å². The molecule has 2 aromatic carbocycles. The highest BCUT2D eigenvalue weighted by molar-refractivity contribution is 9.10. The van der Waals surface area contributed by atoms with E-state index < -0.39 is 17.5 Å². The molecule has 0 aliphatic carbocycles. The van der Waals surface area contributed by atoms with Crippen molar-refractivity contribution in [2.24, 2.45) is 5.73 Å². The van der Waals surface area contributed by atoms with Gasteiger partial charge in [0.25, 0.3) is 5.91 Å². The Morgan fingerprint density at radius 2 is 1.83 bits per heavy atom. The molecule has 0 spiro atoms. The van der Waals surface area contributed by atoms with Crippen LogP contribution in [0.15, 0.2) is 56.1 Å². The zero-order valence-electron chi connectivity index (χ0n) is 16.7. The zero-order chi connectivity index (χ0) is 22.1. The number of primary amides is 1. The van der Waals surface area contributed by atoms with Crippen molar-refractivity contribution in [3.8, 4) is 11.5 Å². The van der Waals surface area contributed by atoms with E-state index >= 15 is 0 Å². The summed E-state index contributed by atoms with van der Waals surface area (Å²) >= 11 is 3.45. The van der Waals surface area contributed by atoms with Crippen molar-refractivity contribution >= 4 is 38.8 Å². The summed E-state index contributed by atoms with van der Waals surface area (Å²) in [4.78, 5) is 35.3. The minimum atomic E-state index is -0.874. The van der Waals surface area contributed by atoms with Crippen LogP contribution in [0.1, 0.15) is 36.7 Å². The average Bonchev–Trinajstić information content (AvgIpc) is 2.65. The summed E-state index contributed by atoms with van der Waals surface area (Å²) in [6.07, 6.45) is 0. The molecule has 156 valence electrons. The van der Waals surface area contributed by atoms with Crippen LogP contribution < -0.4 is 20.8 Å². The molecule has 0 fully saturated rings. The van der Waals surface area contributed by atoms with Crippen LogP contribution in [0.4, 0.5) is 0 Å². The van der Waals surface area contributed by atoms with E-state index in [1.807, 2.05) is 32.9 Å². The van der Waals surface area contributed by atoms with Crippen molar-refractivity contribution in [2.45, 2.75) is 26.2 Å². The Bertz CT molecular complexity index is 1190. The average molecular weight is 474 g/mol. The van der Waals surface area contributed by atoms with Gasteiger partial charge in [-0.3, -0.25) is 4.79 Å². The van der Waals surface area contributed by atoms with E-state index in [0.29, 0.717) is 11.1 Å². The van der Waals surface area contributed by atoms with E-state index in [2.05, 4.69) is 15.9 Å². The number of ether oxygens (including phenoxy) is 2. The molecule has 1 heterocycles. The molecule has 0 saturated heterocycles. The Morgan fingerprint density at radius 1 is 1.10 bits per heavy atom. The summed E-state index contributed by atoms with van der Waals surface area (Å²) in [6.45, 7) is 5.85. The molecule has 0 aliphatic rings. The predicted octanol–water partition coefficient (Wildman–Crippen LogP) is 3.94.